The van der Waals surface area contributed by atoms with Gasteiger partial charge in [-0.15, -0.1) is 0 Å². The fourth-order valence-electron chi connectivity index (χ4n) is 2.21. The highest BCUT2D eigenvalue weighted by Crippen LogP contribution is 2.39. The third-order valence-electron chi connectivity index (χ3n) is 3.36. The maximum absolute atomic E-state index is 10.5. The number of amides is 1. The predicted octanol–water partition coefficient (Wildman–Crippen LogP) is 4.45. The first kappa shape index (κ1) is 17.6. The summed E-state index contributed by atoms with van der Waals surface area (Å²) >= 11 is 17.2. The van der Waals surface area contributed by atoms with Crippen LogP contribution in [0.15, 0.2) is 30.3 Å². The summed E-state index contributed by atoms with van der Waals surface area (Å²) in [7, 11) is 0. The van der Waals surface area contributed by atoms with Crippen LogP contribution in [0.5, 0.6) is 5.75 Å². The van der Waals surface area contributed by atoms with Gasteiger partial charge in [-0.3, -0.25) is 4.79 Å². The third kappa shape index (κ3) is 3.96. The van der Waals surface area contributed by atoms with E-state index in [4.69, 9.17) is 45.9 Å². The third-order valence-corrected chi connectivity index (χ3v) is 4.24. The molecular formula is C16H13Cl3N2O2. The van der Waals surface area contributed by atoms with E-state index in [0.717, 1.165) is 12.0 Å². The van der Waals surface area contributed by atoms with Crippen LogP contribution in [0, 0.1) is 5.41 Å². The number of hydrogen-bond donors (Lipinski definition) is 3. The molecule has 3 rings (SSSR count). The lowest BCUT2D eigenvalue weighted by Crippen LogP contribution is -2.10. The average molecular weight is 372 g/mol. The fourth-order valence-corrected chi connectivity index (χ4v) is 2.89. The Labute approximate surface area is 148 Å². The van der Waals surface area contributed by atoms with Crippen molar-refractivity contribution in [3.63, 3.8) is 0 Å². The summed E-state index contributed by atoms with van der Waals surface area (Å²) in [5.74, 6) is -0.444. The minimum Gasteiger partial charge on any atom is -0.506 e. The molecule has 23 heavy (non-hydrogen) atoms. The maximum Gasteiger partial charge on any atom is 0.248 e. The molecule has 0 aliphatic heterocycles. The molecule has 0 fully saturated rings. The van der Waals surface area contributed by atoms with E-state index >= 15 is 0 Å². The Morgan fingerprint density at radius 1 is 1.09 bits per heavy atom. The first-order chi connectivity index (χ1) is 10.8. The summed E-state index contributed by atoms with van der Waals surface area (Å²) in [5.41, 5.74) is 7.24. The number of benzene rings is 2. The number of phenolic OH excluding ortho intramolecular Hbond substituents is 1. The zero-order chi connectivity index (χ0) is 17.1. The van der Waals surface area contributed by atoms with Gasteiger partial charge in [-0.05, 0) is 48.7 Å². The Morgan fingerprint density at radius 3 is 2.26 bits per heavy atom. The van der Waals surface area contributed by atoms with Crippen molar-refractivity contribution in [3.05, 3.63) is 62.1 Å². The van der Waals surface area contributed by atoms with E-state index in [0.29, 0.717) is 33.3 Å². The molecule has 120 valence electrons. The minimum absolute atomic E-state index is 0.0106. The summed E-state index contributed by atoms with van der Waals surface area (Å²) in [6, 6.07) is 7.95. The van der Waals surface area contributed by atoms with Gasteiger partial charge in [0.15, 0.2) is 0 Å². The molecule has 0 saturated carbocycles. The smallest absolute Gasteiger partial charge is 0.248 e. The molecular weight excluding hydrogens is 359 g/mol. The van der Waals surface area contributed by atoms with Gasteiger partial charge in [-0.2, -0.15) is 0 Å². The van der Waals surface area contributed by atoms with Gasteiger partial charge in [-0.1, -0.05) is 34.8 Å². The minimum atomic E-state index is -0.434. The summed E-state index contributed by atoms with van der Waals surface area (Å²) in [5, 5.41) is 18.5. The first-order valence-corrected chi connectivity index (χ1v) is 7.77. The molecule has 4 nitrogen and oxygen atoms in total. The molecule has 0 atom stereocenters. The van der Waals surface area contributed by atoms with Crippen molar-refractivity contribution in [2.24, 2.45) is 5.73 Å². The zero-order valence-corrected chi connectivity index (χ0v) is 14.1. The van der Waals surface area contributed by atoms with E-state index in [1.807, 2.05) is 0 Å². The molecule has 0 bridgehead atoms. The number of halogens is 3. The lowest BCUT2D eigenvalue weighted by atomic mass is 10.1. The number of rotatable bonds is 1. The molecule has 0 saturated heterocycles. The highest BCUT2D eigenvalue weighted by molar-refractivity contribution is 6.37. The van der Waals surface area contributed by atoms with Gasteiger partial charge in [0, 0.05) is 26.9 Å². The Balaban J connectivity index is 0.000000174. The van der Waals surface area contributed by atoms with Crippen molar-refractivity contribution in [2.45, 2.75) is 12.8 Å². The van der Waals surface area contributed by atoms with Crippen molar-refractivity contribution in [1.29, 1.82) is 5.41 Å². The zero-order valence-electron chi connectivity index (χ0n) is 11.9. The second kappa shape index (κ2) is 7.21. The summed E-state index contributed by atoms with van der Waals surface area (Å²) < 4.78 is 0. The Morgan fingerprint density at radius 2 is 1.70 bits per heavy atom. The number of carbonyl (C=O) groups excluding carboxylic acids is 1. The van der Waals surface area contributed by atoms with Crippen molar-refractivity contribution in [2.75, 3.05) is 0 Å². The standard InChI is InChI=1S/C9H7Cl2NO.C7H6ClNO/c10-5-3-6(11)9(13)8-4(5)1-2-7(8)12;8-6-3-1-5(2-4-6)7(9)10/h3,12-13H,1-2H2;1-4H,(H2,9,10). The number of carbonyl (C=O) groups is 1. The van der Waals surface area contributed by atoms with Crippen LogP contribution in [0.25, 0.3) is 0 Å². The molecule has 0 heterocycles. The van der Waals surface area contributed by atoms with Gasteiger partial charge < -0.3 is 16.2 Å². The molecule has 7 heteroatoms. The number of nitrogens with two attached hydrogens (primary N) is 1. The first-order valence-electron chi connectivity index (χ1n) is 6.64. The van der Waals surface area contributed by atoms with Gasteiger partial charge in [-0.25, -0.2) is 0 Å². The van der Waals surface area contributed by atoms with Crippen LogP contribution in [-0.4, -0.2) is 16.7 Å². The molecule has 4 N–H and O–H groups in total. The topological polar surface area (TPSA) is 87.2 Å². The number of nitrogens with one attached hydrogen (secondary N) is 1. The van der Waals surface area contributed by atoms with Gasteiger partial charge in [0.2, 0.25) is 5.91 Å². The van der Waals surface area contributed by atoms with Crippen molar-refractivity contribution >= 4 is 46.4 Å². The van der Waals surface area contributed by atoms with E-state index in [1.54, 1.807) is 24.3 Å². The second-order valence-corrected chi connectivity index (χ2v) is 6.14. The second-order valence-electron chi connectivity index (χ2n) is 4.89. The van der Waals surface area contributed by atoms with E-state index in [2.05, 4.69) is 0 Å². The van der Waals surface area contributed by atoms with E-state index in [-0.39, 0.29) is 10.8 Å². The molecule has 1 amide bonds. The Kier molecular flexibility index (Phi) is 5.52. The molecule has 0 aromatic heterocycles. The van der Waals surface area contributed by atoms with Crippen LogP contribution >= 0.6 is 34.8 Å². The maximum atomic E-state index is 10.5. The van der Waals surface area contributed by atoms with E-state index < -0.39 is 5.91 Å². The SMILES string of the molecule is N=C1CCc2c(Cl)cc(Cl)c(O)c21.NC(=O)c1ccc(Cl)cc1. The van der Waals surface area contributed by atoms with Crippen molar-refractivity contribution in [3.8, 4) is 5.75 Å². The summed E-state index contributed by atoms with van der Waals surface area (Å²) in [6.45, 7) is 0. The number of aromatic hydroxyl groups is 1. The largest absolute Gasteiger partial charge is 0.506 e. The Bertz CT molecular complexity index is 774. The van der Waals surface area contributed by atoms with Crippen LogP contribution in [0.2, 0.25) is 15.1 Å². The van der Waals surface area contributed by atoms with Crippen molar-refractivity contribution in [1.82, 2.24) is 0 Å². The van der Waals surface area contributed by atoms with Gasteiger partial charge >= 0.3 is 0 Å². The van der Waals surface area contributed by atoms with Crippen LogP contribution in [0.4, 0.5) is 0 Å². The predicted molar refractivity (Wildman–Crippen MR) is 93.2 cm³/mol. The van der Waals surface area contributed by atoms with Crippen LogP contribution in [0.1, 0.15) is 27.9 Å². The normalized spacial score (nSPS) is 12.4. The highest BCUT2D eigenvalue weighted by Gasteiger charge is 2.24. The van der Waals surface area contributed by atoms with Gasteiger partial charge in [0.05, 0.1) is 5.02 Å². The molecule has 1 aliphatic rings. The van der Waals surface area contributed by atoms with E-state index in [9.17, 15) is 9.90 Å². The number of phenols is 1. The molecule has 0 unspecified atom stereocenters. The molecule has 2 aromatic carbocycles. The van der Waals surface area contributed by atoms with Gasteiger partial charge in [0.25, 0.3) is 0 Å². The lowest BCUT2D eigenvalue weighted by Gasteiger charge is -2.06. The average Bonchev–Trinajstić information content (AvgIpc) is 2.89. The molecule has 2 aromatic rings. The van der Waals surface area contributed by atoms with Crippen LogP contribution in [-0.2, 0) is 6.42 Å². The molecule has 1 aliphatic carbocycles. The van der Waals surface area contributed by atoms with Crippen LogP contribution < -0.4 is 5.73 Å². The fraction of sp³-hybridized carbons (Fsp3) is 0.125. The Hall–Kier alpha value is -1.75. The number of fused-ring (bicyclic) bond motifs is 1. The van der Waals surface area contributed by atoms with Crippen molar-refractivity contribution < 1.29 is 9.90 Å². The lowest BCUT2D eigenvalue weighted by molar-refractivity contribution is 0.100. The van der Waals surface area contributed by atoms with Crippen LogP contribution in [0.3, 0.4) is 0 Å². The molecule has 0 radical (unpaired) electrons. The number of primary amides is 1. The monoisotopic (exact) mass is 370 g/mol. The highest BCUT2D eigenvalue weighted by atomic mass is 35.5. The van der Waals surface area contributed by atoms with Gasteiger partial charge in [0.1, 0.15) is 5.75 Å². The number of hydrogen-bond acceptors (Lipinski definition) is 3. The quantitative estimate of drug-likeness (QED) is 0.691. The summed E-state index contributed by atoms with van der Waals surface area (Å²) in [6.07, 6.45) is 1.35. The summed E-state index contributed by atoms with van der Waals surface area (Å²) in [4.78, 5) is 10.5. The van der Waals surface area contributed by atoms with E-state index in [1.165, 1.54) is 6.07 Å². The molecule has 0 spiro atoms.